The van der Waals surface area contributed by atoms with Crippen LogP contribution in [0.1, 0.15) is 49.9 Å². The van der Waals surface area contributed by atoms with Crippen molar-refractivity contribution in [3.63, 3.8) is 0 Å². The van der Waals surface area contributed by atoms with E-state index in [9.17, 15) is 14.7 Å². The van der Waals surface area contributed by atoms with Crippen LogP contribution in [0.2, 0.25) is 0 Å². The third-order valence-electron chi connectivity index (χ3n) is 4.74. The molecule has 28 heavy (non-hydrogen) atoms. The number of carbonyl (C=O) groups excluding carboxylic acids is 1. The second kappa shape index (κ2) is 9.60. The molecule has 0 heterocycles. The third kappa shape index (κ3) is 4.65. The number of amides is 1. The van der Waals surface area contributed by atoms with Crippen molar-refractivity contribution in [1.29, 1.82) is 0 Å². The molecular weight excluding hydrogens is 378 g/mol. The normalized spacial score (nSPS) is 15.1. The molecule has 0 spiro atoms. The Morgan fingerprint density at radius 2 is 1.61 bits per heavy atom. The van der Waals surface area contributed by atoms with Crippen LogP contribution in [0.15, 0.2) is 60.7 Å². The summed E-state index contributed by atoms with van der Waals surface area (Å²) < 4.78 is 5.97. The predicted octanol–water partition coefficient (Wildman–Crippen LogP) is 4.85. The number of benzene rings is 2. The first-order valence-corrected chi connectivity index (χ1v) is 9.80. The van der Waals surface area contributed by atoms with Gasteiger partial charge < -0.3 is 15.2 Å². The average molecular weight is 404 g/mol. The molecule has 0 saturated carbocycles. The molecule has 0 aliphatic rings. The Morgan fingerprint density at radius 1 is 1.04 bits per heavy atom. The van der Waals surface area contributed by atoms with Gasteiger partial charge in [-0.15, -0.1) is 0 Å². The van der Waals surface area contributed by atoms with Gasteiger partial charge in [-0.2, -0.15) is 0 Å². The van der Waals surface area contributed by atoms with Crippen LogP contribution in [0, 0.1) is 0 Å². The maximum Gasteiger partial charge on any atom is 0.351 e. The number of halogens is 1. The van der Waals surface area contributed by atoms with Crippen molar-refractivity contribution >= 4 is 23.5 Å². The van der Waals surface area contributed by atoms with Crippen LogP contribution in [0.3, 0.4) is 0 Å². The second-order valence-corrected chi connectivity index (χ2v) is 7.27. The Hall–Kier alpha value is -2.53. The zero-order valence-electron chi connectivity index (χ0n) is 16.2. The van der Waals surface area contributed by atoms with Crippen molar-refractivity contribution in [3.05, 3.63) is 66.2 Å². The van der Waals surface area contributed by atoms with Crippen molar-refractivity contribution < 1.29 is 19.4 Å². The van der Waals surface area contributed by atoms with E-state index in [0.29, 0.717) is 17.7 Å². The molecule has 2 aromatic rings. The first-order valence-electron chi connectivity index (χ1n) is 9.42. The van der Waals surface area contributed by atoms with Crippen LogP contribution in [0.25, 0.3) is 0 Å². The van der Waals surface area contributed by atoms with Gasteiger partial charge in [-0.1, -0.05) is 68.3 Å². The number of unbranched alkanes of at least 4 members (excludes halogenated alkanes) is 1. The van der Waals surface area contributed by atoms with Gasteiger partial charge in [0.2, 0.25) is 5.60 Å². The van der Waals surface area contributed by atoms with Crippen molar-refractivity contribution in [2.24, 2.45) is 0 Å². The average Bonchev–Trinajstić information content (AvgIpc) is 2.71. The monoisotopic (exact) mass is 403 g/mol. The van der Waals surface area contributed by atoms with E-state index in [4.69, 9.17) is 16.3 Å². The SMILES string of the molecule is CCCCC(Cl)(NC(=O)c1ccccc1)C(CC)(Oc1ccccc1)C(=O)O. The van der Waals surface area contributed by atoms with E-state index in [1.165, 1.54) is 0 Å². The fourth-order valence-corrected chi connectivity index (χ4v) is 3.59. The maximum atomic E-state index is 12.8. The van der Waals surface area contributed by atoms with Crippen molar-refractivity contribution in [2.75, 3.05) is 0 Å². The van der Waals surface area contributed by atoms with Gasteiger partial charge in [-0.05, 0) is 43.5 Å². The summed E-state index contributed by atoms with van der Waals surface area (Å²) in [6, 6.07) is 17.2. The number of alkyl halides is 1. The van der Waals surface area contributed by atoms with Crippen LogP contribution < -0.4 is 10.1 Å². The van der Waals surface area contributed by atoms with E-state index in [0.717, 1.165) is 6.42 Å². The molecule has 0 saturated heterocycles. The number of para-hydroxylation sites is 1. The lowest BCUT2D eigenvalue weighted by Gasteiger charge is -2.43. The van der Waals surface area contributed by atoms with Crippen molar-refractivity contribution in [1.82, 2.24) is 5.32 Å². The Morgan fingerprint density at radius 3 is 2.11 bits per heavy atom. The number of nitrogens with one attached hydrogen (secondary N) is 1. The fraction of sp³-hybridized carbons (Fsp3) is 0.364. The van der Waals surface area contributed by atoms with Crippen molar-refractivity contribution in [2.45, 2.75) is 50.1 Å². The van der Waals surface area contributed by atoms with Gasteiger partial charge in [0.05, 0.1) is 0 Å². The van der Waals surface area contributed by atoms with Gasteiger partial charge in [0.25, 0.3) is 5.91 Å². The second-order valence-electron chi connectivity index (χ2n) is 6.63. The molecule has 5 nitrogen and oxygen atoms in total. The molecule has 0 bridgehead atoms. The summed E-state index contributed by atoms with van der Waals surface area (Å²) >= 11 is 6.89. The highest BCUT2D eigenvalue weighted by Crippen LogP contribution is 2.39. The zero-order valence-corrected chi connectivity index (χ0v) is 16.9. The number of carboxylic acid groups (broad SMARTS) is 1. The van der Waals surface area contributed by atoms with E-state index in [-0.39, 0.29) is 12.8 Å². The van der Waals surface area contributed by atoms with Gasteiger partial charge in [0.1, 0.15) is 5.75 Å². The number of aliphatic carboxylic acids is 1. The quantitative estimate of drug-likeness (QED) is 0.439. The molecule has 0 aliphatic heterocycles. The molecule has 2 aromatic carbocycles. The summed E-state index contributed by atoms with van der Waals surface area (Å²) in [5.41, 5.74) is -1.44. The molecule has 0 fully saturated rings. The fourth-order valence-electron chi connectivity index (χ4n) is 3.11. The summed E-state index contributed by atoms with van der Waals surface area (Å²) in [5, 5.41) is 12.9. The largest absolute Gasteiger partial charge is 0.478 e. The lowest BCUT2D eigenvalue weighted by molar-refractivity contribution is -0.160. The molecule has 1 amide bonds. The molecular formula is C22H26ClNO4. The Balaban J connectivity index is 2.46. The molecule has 2 rings (SSSR count). The van der Waals surface area contributed by atoms with Gasteiger partial charge in [0.15, 0.2) is 5.00 Å². The van der Waals surface area contributed by atoms with Gasteiger partial charge in [0, 0.05) is 5.56 Å². The minimum Gasteiger partial charge on any atom is -0.478 e. The van der Waals surface area contributed by atoms with E-state index in [2.05, 4.69) is 5.32 Å². The minimum atomic E-state index is -1.84. The molecule has 0 aliphatic carbocycles. The molecule has 2 atom stereocenters. The summed E-state index contributed by atoms with van der Waals surface area (Å²) in [6.45, 7) is 3.66. The van der Waals surface area contributed by atoms with E-state index >= 15 is 0 Å². The molecule has 150 valence electrons. The molecule has 6 heteroatoms. The smallest absolute Gasteiger partial charge is 0.351 e. The predicted molar refractivity (Wildman–Crippen MR) is 110 cm³/mol. The molecule has 0 radical (unpaired) electrons. The summed E-state index contributed by atoms with van der Waals surface area (Å²) in [6.07, 6.45) is 1.74. The number of hydrogen-bond acceptors (Lipinski definition) is 3. The number of carbonyl (C=O) groups is 2. The van der Waals surface area contributed by atoms with Crippen LogP contribution in [-0.2, 0) is 4.79 Å². The first kappa shape index (κ1) is 21.8. The van der Waals surface area contributed by atoms with E-state index in [1.54, 1.807) is 61.5 Å². The summed E-state index contributed by atoms with van der Waals surface area (Å²) in [4.78, 5) is 23.6. The number of ether oxygens (including phenoxy) is 1. The van der Waals surface area contributed by atoms with Crippen molar-refractivity contribution in [3.8, 4) is 5.75 Å². The lowest BCUT2D eigenvalue weighted by atomic mass is 9.86. The Labute approximate surface area is 170 Å². The van der Waals surface area contributed by atoms with E-state index < -0.39 is 22.5 Å². The van der Waals surface area contributed by atoms with Crippen LogP contribution in [-0.4, -0.2) is 27.6 Å². The van der Waals surface area contributed by atoms with Crippen LogP contribution >= 0.6 is 11.6 Å². The molecule has 2 N–H and O–H groups in total. The van der Waals surface area contributed by atoms with E-state index in [1.807, 2.05) is 13.0 Å². The third-order valence-corrected chi connectivity index (χ3v) is 5.33. The molecule has 0 aromatic heterocycles. The first-order chi connectivity index (χ1) is 13.4. The highest BCUT2D eigenvalue weighted by Gasteiger charge is 2.58. The number of carboxylic acids is 1. The lowest BCUT2D eigenvalue weighted by Crippen LogP contribution is -2.67. The number of hydrogen-bond donors (Lipinski definition) is 2. The van der Waals surface area contributed by atoms with Gasteiger partial charge >= 0.3 is 5.97 Å². The minimum absolute atomic E-state index is 0.0690. The van der Waals surface area contributed by atoms with Crippen LogP contribution in [0.4, 0.5) is 0 Å². The summed E-state index contributed by atoms with van der Waals surface area (Å²) in [5.74, 6) is -1.29. The standard InChI is InChI=1S/C22H26ClNO4/c1-3-5-16-22(23,24-19(25)17-12-8-6-9-13-17)21(4-2,20(26)27)28-18-14-10-7-11-15-18/h6-15H,3-5,16H2,1-2H3,(H,24,25)(H,26,27). The maximum absolute atomic E-state index is 12.8. The molecule has 2 unspecified atom stereocenters. The Kier molecular flexibility index (Phi) is 7.46. The summed E-state index contributed by atoms with van der Waals surface area (Å²) in [7, 11) is 0. The highest BCUT2D eigenvalue weighted by atomic mass is 35.5. The van der Waals surface area contributed by atoms with Gasteiger partial charge in [-0.25, -0.2) is 4.79 Å². The Bertz CT molecular complexity index is 784. The van der Waals surface area contributed by atoms with Crippen LogP contribution in [0.5, 0.6) is 5.75 Å². The highest BCUT2D eigenvalue weighted by molar-refractivity contribution is 6.27. The topological polar surface area (TPSA) is 75.6 Å². The zero-order chi connectivity index (χ0) is 20.6. The van der Waals surface area contributed by atoms with Gasteiger partial charge in [-0.3, -0.25) is 4.79 Å². The number of rotatable bonds is 10.